The van der Waals surface area contributed by atoms with Gasteiger partial charge in [0.25, 0.3) is 0 Å². The predicted octanol–water partition coefficient (Wildman–Crippen LogP) is 4.01. The van der Waals surface area contributed by atoms with Crippen LogP contribution >= 0.6 is 0 Å². The van der Waals surface area contributed by atoms with Crippen molar-refractivity contribution < 1.29 is 23.8 Å². The first kappa shape index (κ1) is 21.8. The number of aromatic amines is 1. The van der Waals surface area contributed by atoms with E-state index in [4.69, 9.17) is 14.2 Å². The zero-order chi connectivity index (χ0) is 21.6. The number of aryl methyl sites for hydroxylation is 2. The maximum Gasteiger partial charge on any atom is 0.340 e. The van der Waals surface area contributed by atoms with E-state index in [0.717, 1.165) is 0 Å². The molecule has 1 N–H and O–H groups in total. The molecule has 1 aromatic carbocycles. The number of nitriles is 1. The number of rotatable bonds is 8. The Kier molecular flexibility index (Phi) is 7.21. The number of ketones is 1. The number of nitrogens with zero attached hydrogens (tertiary/aromatic N) is 1. The highest BCUT2D eigenvalue weighted by Gasteiger charge is 2.27. The number of H-pyrrole nitrogens is 1. The van der Waals surface area contributed by atoms with Gasteiger partial charge < -0.3 is 19.2 Å². The SMILES string of the molecule is CCOC(=O)c1c(C)[nH]c(C)c1C(=O)/C(C#N)=C/c1ccc(OC)c(OCC)c1. The van der Waals surface area contributed by atoms with Crippen molar-refractivity contribution in [3.8, 4) is 17.6 Å². The number of Topliss-reactive ketones (excluding diaryl/α,β-unsaturated/α-hetero) is 1. The first-order chi connectivity index (χ1) is 13.9. The molecule has 0 saturated carbocycles. The molecule has 0 radical (unpaired) electrons. The van der Waals surface area contributed by atoms with Gasteiger partial charge in [0.1, 0.15) is 11.6 Å². The average Bonchev–Trinajstić information content (AvgIpc) is 3.00. The molecule has 0 unspecified atom stereocenters. The van der Waals surface area contributed by atoms with Crippen molar-refractivity contribution in [1.29, 1.82) is 5.26 Å². The van der Waals surface area contributed by atoms with Crippen LogP contribution in [0.25, 0.3) is 6.08 Å². The van der Waals surface area contributed by atoms with Crippen LogP contribution in [0.15, 0.2) is 23.8 Å². The number of carbonyl (C=O) groups is 2. The fraction of sp³-hybridized carbons (Fsp3) is 0.318. The van der Waals surface area contributed by atoms with Gasteiger partial charge in [0.2, 0.25) is 5.78 Å². The standard InChI is InChI=1S/C22H24N2O5/c1-6-28-18-11-15(8-9-17(18)27-5)10-16(12-23)21(25)19-13(3)24-14(4)20(19)22(26)29-7-2/h8-11,24H,6-7H2,1-5H3/b16-10+. The summed E-state index contributed by atoms with van der Waals surface area (Å²) in [6, 6.07) is 7.04. The Morgan fingerprint density at radius 2 is 1.79 bits per heavy atom. The lowest BCUT2D eigenvalue weighted by atomic mass is 9.98. The van der Waals surface area contributed by atoms with Crippen molar-refractivity contribution in [2.75, 3.05) is 20.3 Å². The van der Waals surface area contributed by atoms with Gasteiger partial charge >= 0.3 is 5.97 Å². The van der Waals surface area contributed by atoms with Gasteiger partial charge in [-0.05, 0) is 51.5 Å². The number of allylic oxidation sites excluding steroid dienone is 1. The second kappa shape index (κ2) is 9.60. The lowest BCUT2D eigenvalue weighted by Crippen LogP contribution is -2.13. The van der Waals surface area contributed by atoms with Crippen LogP contribution in [0.1, 0.15) is 51.5 Å². The van der Waals surface area contributed by atoms with Crippen molar-refractivity contribution >= 4 is 17.8 Å². The molecule has 1 heterocycles. The summed E-state index contributed by atoms with van der Waals surface area (Å²) in [6.07, 6.45) is 1.46. The number of esters is 1. The Balaban J connectivity index is 2.51. The quantitative estimate of drug-likeness (QED) is 0.313. The van der Waals surface area contributed by atoms with Gasteiger partial charge in [-0.3, -0.25) is 4.79 Å². The average molecular weight is 396 g/mol. The van der Waals surface area contributed by atoms with Gasteiger partial charge in [0, 0.05) is 11.4 Å². The van der Waals surface area contributed by atoms with E-state index in [1.54, 1.807) is 39.0 Å². The monoisotopic (exact) mass is 396 g/mol. The zero-order valence-corrected chi connectivity index (χ0v) is 17.2. The van der Waals surface area contributed by atoms with Crippen LogP contribution in [-0.2, 0) is 4.74 Å². The van der Waals surface area contributed by atoms with Gasteiger partial charge in [-0.1, -0.05) is 6.07 Å². The number of hydrogen-bond donors (Lipinski definition) is 1. The Morgan fingerprint density at radius 1 is 1.10 bits per heavy atom. The lowest BCUT2D eigenvalue weighted by molar-refractivity contribution is 0.0523. The number of nitrogens with one attached hydrogen (secondary N) is 1. The maximum atomic E-state index is 13.1. The van der Waals surface area contributed by atoms with Crippen LogP contribution in [0.2, 0.25) is 0 Å². The topological polar surface area (TPSA) is 101 Å². The molecule has 0 aliphatic rings. The number of hydrogen-bond acceptors (Lipinski definition) is 6. The fourth-order valence-corrected chi connectivity index (χ4v) is 3.02. The van der Waals surface area contributed by atoms with E-state index in [1.165, 1.54) is 13.2 Å². The number of carbonyl (C=O) groups excluding carboxylic acids is 2. The normalized spacial score (nSPS) is 11.0. The smallest absolute Gasteiger partial charge is 0.340 e. The maximum absolute atomic E-state index is 13.1. The van der Waals surface area contributed by atoms with E-state index < -0.39 is 11.8 Å². The van der Waals surface area contributed by atoms with Gasteiger partial charge in [-0.15, -0.1) is 0 Å². The van der Waals surface area contributed by atoms with Crippen molar-refractivity contribution in [2.24, 2.45) is 0 Å². The molecule has 7 nitrogen and oxygen atoms in total. The van der Waals surface area contributed by atoms with E-state index in [2.05, 4.69) is 4.98 Å². The predicted molar refractivity (Wildman–Crippen MR) is 108 cm³/mol. The Hall–Kier alpha value is -3.53. The summed E-state index contributed by atoms with van der Waals surface area (Å²) in [5.74, 6) is -0.0887. The van der Waals surface area contributed by atoms with E-state index in [1.807, 2.05) is 13.0 Å². The Morgan fingerprint density at radius 3 is 2.38 bits per heavy atom. The summed E-state index contributed by atoms with van der Waals surface area (Å²) in [4.78, 5) is 28.4. The van der Waals surface area contributed by atoms with Gasteiger partial charge in [-0.2, -0.15) is 5.26 Å². The molecule has 0 spiro atoms. The summed E-state index contributed by atoms with van der Waals surface area (Å²) < 4.78 is 15.9. The van der Waals surface area contributed by atoms with Crippen LogP contribution < -0.4 is 9.47 Å². The molecule has 1 aromatic heterocycles. The molecule has 0 atom stereocenters. The van der Waals surface area contributed by atoms with Crippen LogP contribution in [-0.4, -0.2) is 37.1 Å². The first-order valence-corrected chi connectivity index (χ1v) is 9.21. The van der Waals surface area contributed by atoms with Crippen LogP contribution in [0.4, 0.5) is 0 Å². The Bertz CT molecular complexity index is 995. The third-order valence-corrected chi connectivity index (χ3v) is 4.25. The number of methoxy groups -OCH3 is 1. The van der Waals surface area contributed by atoms with E-state index in [-0.39, 0.29) is 23.3 Å². The van der Waals surface area contributed by atoms with Crippen LogP contribution in [0, 0.1) is 25.2 Å². The van der Waals surface area contributed by atoms with Crippen molar-refractivity contribution in [2.45, 2.75) is 27.7 Å². The molecule has 0 aliphatic heterocycles. The number of aromatic nitrogens is 1. The number of ether oxygens (including phenoxy) is 3. The minimum Gasteiger partial charge on any atom is -0.493 e. The molecule has 7 heteroatoms. The van der Waals surface area contributed by atoms with Crippen molar-refractivity contribution in [3.05, 3.63) is 51.9 Å². The highest BCUT2D eigenvalue weighted by atomic mass is 16.5. The van der Waals surface area contributed by atoms with E-state index in [0.29, 0.717) is 35.1 Å². The summed E-state index contributed by atoms with van der Waals surface area (Å²) in [5, 5.41) is 9.60. The number of benzene rings is 1. The molecule has 0 saturated heterocycles. The summed E-state index contributed by atoms with van der Waals surface area (Å²) in [7, 11) is 1.53. The van der Waals surface area contributed by atoms with E-state index in [9.17, 15) is 14.9 Å². The summed E-state index contributed by atoms with van der Waals surface area (Å²) >= 11 is 0. The fourth-order valence-electron chi connectivity index (χ4n) is 3.02. The van der Waals surface area contributed by atoms with Crippen molar-refractivity contribution in [3.63, 3.8) is 0 Å². The molecule has 0 aliphatic carbocycles. The molecular formula is C22H24N2O5. The summed E-state index contributed by atoms with van der Waals surface area (Å²) in [6.45, 7) is 7.53. The minimum absolute atomic E-state index is 0.106. The Labute approximate surface area is 169 Å². The molecular weight excluding hydrogens is 372 g/mol. The van der Waals surface area contributed by atoms with E-state index >= 15 is 0 Å². The van der Waals surface area contributed by atoms with Gasteiger partial charge in [0.05, 0.1) is 31.5 Å². The highest BCUT2D eigenvalue weighted by molar-refractivity contribution is 6.19. The minimum atomic E-state index is -0.599. The van der Waals surface area contributed by atoms with Crippen molar-refractivity contribution in [1.82, 2.24) is 4.98 Å². The molecule has 0 bridgehead atoms. The zero-order valence-electron chi connectivity index (χ0n) is 17.2. The largest absolute Gasteiger partial charge is 0.493 e. The molecule has 152 valence electrons. The first-order valence-electron chi connectivity index (χ1n) is 9.21. The summed E-state index contributed by atoms with van der Waals surface area (Å²) in [5.41, 5.74) is 1.81. The molecule has 29 heavy (non-hydrogen) atoms. The molecule has 2 rings (SSSR count). The van der Waals surface area contributed by atoms with Crippen LogP contribution in [0.5, 0.6) is 11.5 Å². The van der Waals surface area contributed by atoms with Gasteiger partial charge in [-0.25, -0.2) is 4.79 Å². The molecule has 2 aromatic rings. The highest BCUT2D eigenvalue weighted by Crippen LogP contribution is 2.30. The second-order valence-electron chi connectivity index (χ2n) is 6.19. The molecule has 0 amide bonds. The van der Waals surface area contributed by atoms with Crippen LogP contribution in [0.3, 0.4) is 0 Å². The molecule has 0 fully saturated rings. The second-order valence-corrected chi connectivity index (χ2v) is 6.19. The lowest BCUT2D eigenvalue weighted by Gasteiger charge is -2.10. The third-order valence-electron chi connectivity index (χ3n) is 4.25. The third kappa shape index (κ3) is 4.66. The van der Waals surface area contributed by atoms with Gasteiger partial charge in [0.15, 0.2) is 11.5 Å².